The smallest absolute Gasteiger partial charge is 0.416 e. The molecule has 1 atom stereocenters. The summed E-state index contributed by atoms with van der Waals surface area (Å²) in [6.07, 6.45) is -3.80. The number of carboxylic acids is 1. The van der Waals surface area contributed by atoms with Crippen LogP contribution in [0.1, 0.15) is 57.4 Å². The van der Waals surface area contributed by atoms with Gasteiger partial charge in [-0.15, -0.1) is 0 Å². The molecule has 10 heteroatoms. The molecule has 2 aromatic carbocycles. The quantitative estimate of drug-likeness (QED) is 0.434. The predicted octanol–water partition coefficient (Wildman–Crippen LogP) is 4.20. The maximum atomic E-state index is 12.9. The average Bonchev–Trinajstić information content (AvgIpc) is 3.38. The average molecular weight is 486 g/mol. The van der Waals surface area contributed by atoms with Crippen LogP contribution in [0.3, 0.4) is 0 Å². The molecule has 7 nitrogen and oxygen atoms in total. The Morgan fingerprint density at radius 2 is 1.77 bits per heavy atom. The van der Waals surface area contributed by atoms with Gasteiger partial charge in [0, 0.05) is 18.6 Å². The number of aliphatic hydroxyl groups is 1. The largest absolute Gasteiger partial charge is 0.478 e. The van der Waals surface area contributed by atoms with Gasteiger partial charge in [-0.3, -0.25) is 5.32 Å². The standard InChI is InChI=1S/C25H25F3N4O3/c1-15-20(21(33)29-24(10-11-24)18-8-4-17(5-9-18)23(34)35)22-31(12-13-32(22)30-15)14-16-2-6-19(7-3-16)25(26,27)28/h2-9,21,29,33H,10-14H2,1H3,(H,34,35). The number of alkyl halides is 3. The van der Waals surface area contributed by atoms with E-state index in [1.54, 1.807) is 24.3 Å². The molecule has 1 fully saturated rings. The maximum Gasteiger partial charge on any atom is 0.416 e. The van der Waals surface area contributed by atoms with Crippen molar-refractivity contribution in [1.82, 2.24) is 15.1 Å². The van der Waals surface area contributed by atoms with E-state index in [1.165, 1.54) is 12.1 Å². The number of carbonyl (C=O) groups is 1. The Hall–Kier alpha value is -3.37. The molecular weight excluding hydrogens is 461 g/mol. The van der Waals surface area contributed by atoms with Crippen LogP contribution >= 0.6 is 0 Å². The van der Waals surface area contributed by atoms with Crippen LogP contribution in [0.15, 0.2) is 48.5 Å². The highest BCUT2D eigenvalue weighted by molar-refractivity contribution is 5.87. The molecule has 0 saturated heterocycles. The minimum atomic E-state index is -4.38. The SMILES string of the molecule is Cc1nn2c(c1C(O)NC1(c3ccc(C(=O)O)cc3)CC1)N(Cc1ccc(C(F)(F)F)cc1)CC2. The number of aliphatic hydroxyl groups excluding tert-OH is 1. The number of aromatic nitrogens is 2. The van der Waals surface area contributed by atoms with Gasteiger partial charge < -0.3 is 15.1 Å². The Bertz CT molecular complexity index is 1250. The van der Waals surface area contributed by atoms with E-state index in [0.29, 0.717) is 30.9 Å². The van der Waals surface area contributed by atoms with E-state index < -0.39 is 29.5 Å². The van der Waals surface area contributed by atoms with Crippen LogP contribution in [0.4, 0.5) is 19.0 Å². The summed E-state index contributed by atoms with van der Waals surface area (Å²) in [5.41, 5.74) is 2.02. The highest BCUT2D eigenvalue weighted by Gasteiger charge is 2.46. The molecule has 2 aliphatic rings. The molecule has 1 saturated carbocycles. The third-order valence-electron chi connectivity index (χ3n) is 6.80. The van der Waals surface area contributed by atoms with Crippen LogP contribution in [0, 0.1) is 6.92 Å². The first-order chi connectivity index (χ1) is 16.6. The summed E-state index contributed by atoms with van der Waals surface area (Å²) < 4.78 is 40.5. The summed E-state index contributed by atoms with van der Waals surface area (Å²) in [6, 6.07) is 11.8. The number of aryl methyl sites for hydroxylation is 1. The Labute approximate surface area is 199 Å². The number of halogens is 3. The van der Waals surface area contributed by atoms with Gasteiger partial charge in [0.2, 0.25) is 0 Å². The summed E-state index contributed by atoms with van der Waals surface area (Å²) >= 11 is 0. The van der Waals surface area contributed by atoms with Gasteiger partial charge in [0.05, 0.1) is 28.9 Å². The van der Waals surface area contributed by atoms with Gasteiger partial charge in [-0.05, 0) is 55.2 Å². The van der Waals surface area contributed by atoms with Gasteiger partial charge in [-0.25, -0.2) is 9.48 Å². The first-order valence-electron chi connectivity index (χ1n) is 11.4. The molecule has 0 spiro atoms. The van der Waals surface area contributed by atoms with Crippen molar-refractivity contribution in [1.29, 1.82) is 0 Å². The lowest BCUT2D eigenvalue weighted by molar-refractivity contribution is -0.137. The van der Waals surface area contributed by atoms with Crippen LogP contribution < -0.4 is 10.2 Å². The van der Waals surface area contributed by atoms with Crippen LogP contribution in [0.25, 0.3) is 0 Å². The van der Waals surface area contributed by atoms with Crippen LogP contribution in [-0.4, -0.2) is 32.5 Å². The zero-order chi connectivity index (χ0) is 25.0. The van der Waals surface area contributed by atoms with E-state index in [4.69, 9.17) is 5.11 Å². The molecule has 3 N–H and O–H groups in total. The second kappa shape index (κ2) is 8.39. The fourth-order valence-electron chi connectivity index (χ4n) is 4.79. The predicted molar refractivity (Wildman–Crippen MR) is 122 cm³/mol. The normalized spacial score (nSPS) is 17.3. The Balaban J connectivity index is 1.36. The van der Waals surface area contributed by atoms with Gasteiger partial charge in [-0.1, -0.05) is 24.3 Å². The molecule has 1 aliphatic heterocycles. The summed E-state index contributed by atoms with van der Waals surface area (Å²) in [6.45, 7) is 3.46. The van der Waals surface area contributed by atoms with E-state index >= 15 is 0 Å². The van der Waals surface area contributed by atoms with E-state index in [2.05, 4.69) is 10.4 Å². The van der Waals surface area contributed by atoms with Crippen molar-refractivity contribution < 1.29 is 28.2 Å². The molecule has 1 aliphatic carbocycles. The Kier molecular flexibility index (Phi) is 5.60. The summed E-state index contributed by atoms with van der Waals surface area (Å²) in [5.74, 6) is -0.243. The molecule has 0 bridgehead atoms. The third-order valence-corrected chi connectivity index (χ3v) is 6.80. The fraction of sp³-hybridized carbons (Fsp3) is 0.360. The van der Waals surface area contributed by atoms with Crippen LogP contribution in [0.2, 0.25) is 0 Å². The third kappa shape index (κ3) is 4.39. The number of fused-ring (bicyclic) bond motifs is 1. The molecule has 2 heterocycles. The van der Waals surface area contributed by atoms with Crippen molar-refractivity contribution in [2.24, 2.45) is 0 Å². The monoisotopic (exact) mass is 486 g/mol. The topological polar surface area (TPSA) is 90.6 Å². The van der Waals surface area contributed by atoms with Gasteiger partial charge in [0.1, 0.15) is 12.0 Å². The molecule has 1 aromatic heterocycles. The van der Waals surface area contributed by atoms with Gasteiger partial charge >= 0.3 is 12.1 Å². The lowest BCUT2D eigenvalue weighted by Crippen LogP contribution is -2.34. The lowest BCUT2D eigenvalue weighted by Gasteiger charge is -2.26. The number of anilines is 1. The number of nitrogens with zero attached hydrogens (tertiary/aromatic N) is 3. The number of nitrogens with one attached hydrogen (secondary N) is 1. The number of aromatic carboxylic acids is 1. The molecular formula is C25H25F3N4O3. The zero-order valence-electron chi connectivity index (χ0n) is 19.0. The maximum absolute atomic E-state index is 12.9. The second-order valence-electron chi connectivity index (χ2n) is 9.17. The number of rotatable bonds is 7. The second-order valence-corrected chi connectivity index (χ2v) is 9.17. The fourth-order valence-corrected chi connectivity index (χ4v) is 4.79. The Morgan fingerprint density at radius 3 is 2.34 bits per heavy atom. The minimum absolute atomic E-state index is 0.203. The highest BCUT2D eigenvalue weighted by atomic mass is 19.4. The van der Waals surface area contributed by atoms with Crippen molar-refractivity contribution in [3.05, 3.63) is 82.0 Å². The first-order valence-corrected chi connectivity index (χ1v) is 11.4. The summed E-state index contributed by atoms with van der Waals surface area (Å²) in [5, 5.41) is 28.3. The Morgan fingerprint density at radius 1 is 1.11 bits per heavy atom. The van der Waals surface area contributed by atoms with E-state index in [0.717, 1.165) is 41.9 Å². The molecule has 0 radical (unpaired) electrons. The number of benzene rings is 2. The number of hydrogen-bond acceptors (Lipinski definition) is 5. The van der Waals surface area contributed by atoms with Crippen molar-refractivity contribution in [3.8, 4) is 0 Å². The van der Waals surface area contributed by atoms with Gasteiger partial charge in [-0.2, -0.15) is 18.3 Å². The lowest BCUT2D eigenvalue weighted by atomic mass is 10.0. The van der Waals surface area contributed by atoms with E-state index in [9.17, 15) is 23.1 Å². The van der Waals surface area contributed by atoms with Gasteiger partial charge in [0.15, 0.2) is 0 Å². The first kappa shape index (κ1) is 23.4. The van der Waals surface area contributed by atoms with Crippen molar-refractivity contribution in [2.45, 2.75) is 50.8 Å². The molecule has 35 heavy (non-hydrogen) atoms. The summed E-state index contributed by atoms with van der Waals surface area (Å²) in [7, 11) is 0. The minimum Gasteiger partial charge on any atom is -0.478 e. The molecule has 5 rings (SSSR count). The number of hydrogen-bond donors (Lipinski definition) is 3. The number of carboxylic acid groups (broad SMARTS) is 1. The van der Waals surface area contributed by atoms with E-state index in [1.807, 2.05) is 16.5 Å². The molecule has 1 unspecified atom stereocenters. The van der Waals surface area contributed by atoms with Gasteiger partial charge in [0.25, 0.3) is 0 Å². The van der Waals surface area contributed by atoms with Crippen molar-refractivity contribution >= 4 is 11.8 Å². The highest BCUT2D eigenvalue weighted by Crippen LogP contribution is 2.48. The molecule has 184 valence electrons. The molecule has 0 amide bonds. The molecule has 3 aromatic rings. The van der Waals surface area contributed by atoms with Crippen molar-refractivity contribution in [2.75, 3.05) is 11.4 Å². The van der Waals surface area contributed by atoms with Crippen LogP contribution in [-0.2, 0) is 24.8 Å². The van der Waals surface area contributed by atoms with Crippen LogP contribution in [0.5, 0.6) is 0 Å². The zero-order valence-corrected chi connectivity index (χ0v) is 19.0. The van der Waals surface area contributed by atoms with E-state index in [-0.39, 0.29) is 5.56 Å². The van der Waals surface area contributed by atoms with Crippen molar-refractivity contribution in [3.63, 3.8) is 0 Å². The summed E-state index contributed by atoms with van der Waals surface area (Å²) in [4.78, 5) is 13.2.